The minimum Gasteiger partial charge on any atom is -0.481 e. The highest BCUT2D eigenvalue weighted by molar-refractivity contribution is 5.95. The van der Waals surface area contributed by atoms with Crippen LogP contribution in [0.25, 0.3) is 0 Å². The summed E-state index contributed by atoms with van der Waals surface area (Å²) >= 11 is 0. The summed E-state index contributed by atoms with van der Waals surface area (Å²) in [7, 11) is 0. The molecular weight excluding hydrogens is 525 g/mol. The molecule has 2 aromatic rings. The van der Waals surface area contributed by atoms with Crippen molar-refractivity contribution in [2.45, 2.75) is 76.4 Å². The number of aromatic nitrogens is 2. The van der Waals surface area contributed by atoms with E-state index in [2.05, 4.69) is 5.10 Å². The Labute approximate surface area is 231 Å². The molecule has 8 nitrogen and oxygen atoms in total. The van der Waals surface area contributed by atoms with Crippen molar-refractivity contribution >= 4 is 17.8 Å². The van der Waals surface area contributed by atoms with Gasteiger partial charge in [-0.1, -0.05) is 18.2 Å². The van der Waals surface area contributed by atoms with Crippen molar-refractivity contribution in [1.82, 2.24) is 19.6 Å². The number of carboxylic acid groups (broad SMARTS) is 1. The average Bonchev–Trinajstić information content (AvgIpc) is 3.45. The van der Waals surface area contributed by atoms with E-state index in [0.717, 1.165) is 24.6 Å². The van der Waals surface area contributed by atoms with Gasteiger partial charge in [-0.05, 0) is 57.6 Å². The van der Waals surface area contributed by atoms with Gasteiger partial charge >= 0.3 is 12.1 Å². The fraction of sp³-hybridized carbons (Fsp3) is 0.586. The fourth-order valence-corrected chi connectivity index (χ4v) is 6.00. The number of aliphatic carboxylic acids is 1. The summed E-state index contributed by atoms with van der Waals surface area (Å²) < 4.78 is 42.7. The number of alkyl halides is 3. The normalized spacial score (nSPS) is 20.7. The Morgan fingerprint density at radius 1 is 0.950 bits per heavy atom. The van der Waals surface area contributed by atoms with Crippen molar-refractivity contribution in [3.63, 3.8) is 0 Å². The number of likely N-dealkylation sites (tertiary alicyclic amines) is 2. The second kappa shape index (κ2) is 10.6. The first kappa shape index (κ1) is 28.2. The first-order chi connectivity index (χ1) is 18.9. The zero-order valence-corrected chi connectivity index (χ0v) is 22.8. The molecule has 1 aromatic heterocycles. The average molecular weight is 561 g/mol. The van der Waals surface area contributed by atoms with Crippen LogP contribution in [0.4, 0.5) is 13.2 Å². The Kier molecular flexibility index (Phi) is 7.43. The van der Waals surface area contributed by atoms with Crippen molar-refractivity contribution in [1.29, 1.82) is 0 Å². The maximum atomic E-state index is 13.6. The minimum absolute atomic E-state index is 0.0127. The topological polar surface area (TPSA) is 95.7 Å². The van der Waals surface area contributed by atoms with Crippen molar-refractivity contribution in [3.05, 3.63) is 52.8 Å². The fourth-order valence-electron chi connectivity index (χ4n) is 6.00. The third-order valence-corrected chi connectivity index (χ3v) is 8.55. The molecule has 3 aliphatic rings. The maximum absolute atomic E-state index is 13.6. The Morgan fingerprint density at radius 3 is 2.23 bits per heavy atom. The van der Waals surface area contributed by atoms with Gasteiger partial charge in [0.05, 0.1) is 34.5 Å². The van der Waals surface area contributed by atoms with E-state index in [0.29, 0.717) is 44.5 Å². The van der Waals surface area contributed by atoms with Crippen LogP contribution in [0.15, 0.2) is 30.5 Å². The molecule has 0 radical (unpaired) electrons. The number of carbonyl (C=O) groups excluding carboxylic acids is 2. The molecule has 2 aliphatic heterocycles. The first-order valence-electron chi connectivity index (χ1n) is 13.9. The van der Waals surface area contributed by atoms with Gasteiger partial charge in [0.2, 0.25) is 5.91 Å². The monoisotopic (exact) mass is 560 g/mol. The predicted octanol–water partition coefficient (Wildman–Crippen LogP) is 5.07. The summed E-state index contributed by atoms with van der Waals surface area (Å²) in [5, 5.41) is 14.0. The van der Waals surface area contributed by atoms with Crippen LogP contribution in [0.5, 0.6) is 0 Å². The minimum atomic E-state index is -4.44. The van der Waals surface area contributed by atoms with Crippen LogP contribution in [0.2, 0.25) is 0 Å². The molecule has 1 atom stereocenters. The molecule has 2 saturated heterocycles. The lowest BCUT2D eigenvalue weighted by Crippen LogP contribution is -2.42. The number of hydrogen-bond acceptors (Lipinski definition) is 4. The largest absolute Gasteiger partial charge is 0.481 e. The number of carbonyl (C=O) groups is 3. The lowest BCUT2D eigenvalue weighted by molar-refractivity contribution is -0.151. The van der Waals surface area contributed by atoms with Crippen LogP contribution in [0.3, 0.4) is 0 Å². The van der Waals surface area contributed by atoms with Crippen molar-refractivity contribution in [3.8, 4) is 0 Å². The van der Waals surface area contributed by atoms with E-state index in [1.165, 1.54) is 12.1 Å². The van der Waals surface area contributed by atoms with E-state index >= 15 is 0 Å². The van der Waals surface area contributed by atoms with Crippen LogP contribution >= 0.6 is 0 Å². The summed E-state index contributed by atoms with van der Waals surface area (Å²) in [6, 6.07) is 5.61. The van der Waals surface area contributed by atoms with Gasteiger partial charge in [-0.3, -0.25) is 19.1 Å². The van der Waals surface area contributed by atoms with Gasteiger partial charge in [0.1, 0.15) is 0 Å². The molecule has 3 heterocycles. The van der Waals surface area contributed by atoms with E-state index in [1.807, 2.05) is 4.68 Å². The molecule has 0 spiro atoms. The molecule has 5 rings (SSSR count). The van der Waals surface area contributed by atoms with E-state index < -0.39 is 23.1 Å². The standard InChI is InChI=1S/C29H35F3N4O4/c1-28(2,27(39)40)15-24(37)34-13-10-20(11-14-34)36-25(18-7-8-18)22(16-33-36)26(38)35-12-9-19(17-35)21-5-3-4-6-23(21)29(30,31)32/h3-6,16,18-20H,7-15,17H2,1-2H3,(H,39,40). The molecule has 2 amide bonds. The Balaban J connectivity index is 1.27. The van der Waals surface area contributed by atoms with E-state index in [-0.39, 0.29) is 48.2 Å². The SMILES string of the molecule is CC(C)(CC(=O)N1CCC(n2ncc(C(=O)N3CCC(c4ccccc4C(F)(F)F)C3)c2C2CC2)CC1)C(=O)O. The summed E-state index contributed by atoms with van der Waals surface area (Å²) in [6.07, 6.45) is 0.760. The number of carboxylic acids is 1. The highest BCUT2D eigenvalue weighted by Crippen LogP contribution is 2.44. The third-order valence-electron chi connectivity index (χ3n) is 8.55. The van der Waals surface area contributed by atoms with Crippen LogP contribution in [-0.2, 0) is 15.8 Å². The van der Waals surface area contributed by atoms with E-state index in [1.54, 1.807) is 35.9 Å². The molecule has 1 unspecified atom stereocenters. The van der Waals surface area contributed by atoms with Gasteiger partial charge < -0.3 is 14.9 Å². The van der Waals surface area contributed by atoms with Crippen LogP contribution < -0.4 is 0 Å². The smallest absolute Gasteiger partial charge is 0.416 e. The van der Waals surface area contributed by atoms with Crippen molar-refractivity contribution in [2.24, 2.45) is 5.41 Å². The first-order valence-corrected chi connectivity index (χ1v) is 13.9. The summed E-state index contributed by atoms with van der Waals surface area (Å²) in [4.78, 5) is 41.1. The second-order valence-electron chi connectivity index (χ2n) is 12.0. The lowest BCUT2D eigenvalue weighted by Gasteiger charge is -2.34. The zero-order valence-electron chi connectivity index (χ0n) is 22.8. The Bertz CT molecular complexity index is 1290. The van der Waals surface area contributed by atoms with E-state index in [4.69, 9.17) is 0 Å². The molecule has 1 saturated carbocycles. The molecule has 1 aromatic carbocycles. The number of piperidine rings is 1. The van der Waals surface area contributed by atoms with Gasteiger partial charge in [-0.25, -0.2) is 0 Å². The third kappa shape index (κ3) is 5.60. The zero-order chi connectivity index (χ0) is 28.8. The van der Waals surface area contributed by atoms with Crippen LogP contribution in [0, 0.1) is 5.41 Å². The van der Waals surface area contributed by atoms with Crippen LogP contribution in [-0.4, -0.2) is 68.6 Å². The highest BCUT2D eigenvalue weighted by Gasteiger charge is 2.40. The Hall–Kier alpha value is -3.37. The molecule has 3 fully saturated rings. The molecule has 40 heavy (non-hydrogen) atoms. The number of halogens is 3. The lowest BCUT2D eigenvalue weighted by atomic mass is 9.88. The molecule has 0 bridgehead atoms. The summed E-state index contributed by atoms with van der Waals surface area (Å²) in [5.41, 5.74) is -0.128. The molecule has 1 N–H and O–H groups in total. The van der Waals surface area contributed by atoms with Gasteiger partial charge in [-0.2, -0.15) is 18.3 Å². The second-order valence-corrected chi connectivity index (χ2v) is 12.0. The summed E-state index contributed by atoms with van der Waals surface area (Å²) in [6.45, 7) is 4.67. The molecule has 216 valence electrons. The number of nitrogens with zero attached hydrogens (tertiary/aromatic N) is 4. The summed E-state index contributed by atoms with van der Waals surface area (Å²) in [5.74, 6) is -1.53. The number of rotatable bonds is 7. The molecular formula is C29H35F3N4O4. The van der Waals surface area contributed by atoms with Crippen molar-refractivity contribution < 1.29 is 32.7 Å². The van der Waals surface area contributed by atoms with E-state index in [9.17, 15) is 32.7 Å². The van der Waals surface area contributed by atoms with Gasteiger partial charge in [0.25, 0.3) is 5.91 Å². The quantitative estimate of drug-likeness (QED) is 0.510. The Morgan fingerprint density at radius 2 is 1.60 bits per heavy atom. The van der Waals surface area contributed by atoms with Gasteiger partial charge in [-0.15, -0.1) is 0 Å². The highest BCUT2D eigenvalue weighted by atomic mass is 19.4. The van der Waals surface area contributed by atoms with Gasteiger partial charge in [0, 0.05) is 44.4 Å². The molecule has 11 heteroatoms. The van der Waals surface area contributed by atoms with Gasteiger partial charge in [0.15, 0.2) is 0 Å². The van der Waals surface area contributed by atoms with Crippen molar-refractivity contribution in [2.75, 3.05) is 26.2 Å². The number of hydrogen-bond donors (Lipinski definition) is 1. The predicted molar refractivity (Wildman–Crippen MR) is 140 cm³/mol. The molecule has 1 aliphatic carbocycles. The maximum Gasteiger partial charge on any atom is 0.416 e. The number of benzene rings is 1. The van der Waals surface area contributed by atoms with Crippen LogP contribution in [0.1, 0.15) is 97.4 Å². The number of amides is 2.